The largest absolute Gasteiger partial charge is 0.483 e. The van der Waals surface area contributed by atoms with Gasteiger partial charge in [0.05, 0.1) is 4.92 Å². The van der Waals surface area contributed by atoms with Gasteiger partial charge in [-0.3, -0.25) is 10.1 Å². The highest BCUT2D eigenvalue weighted by molar-refractivity contribution is 5.48. The van der Waals surface area contributed by atoms with Crippen LogP contribution in [0.5, 0.6) is 5.75 Å². The van der Waals surface area contributed by atoms with Gasteiger partial charge in [-0.1, -0.05) is 26.8 Å². The molecule has 110 valence electrons. The third kappa shape index (κ3) is 2.63. The summed E-state index contributed by atoms with van der Waals surface area (Å²) in [6.07, 6.45) is 0.887. The minimum absolute atomic E-state index is 0.00653. The van der Waals surface area contributed by atoms with E-state index in [1.54, 1.807) is 12.1 Å². The van der Waals surface area contributed by atoms with E-state index in [0.29, 0.717) is 11.8 Å². The molecule has 1 aromatic carbocycles. The molecule has 0 radical (unpaired) electrons. The van der Waals surface area contributed by atoms with Gasteiger partial charge in [0.15, 0.2) is 5.75 Å². The molecule has 0 bridgehead atoms. The van der Waals surface area contributed by atoms with Crippen LogP contribution in [0.25, 0.3) is 0 Å². The Balaban J connectivity index is 2.16. The van der Waals surface area contributed by atoms with E-state index in [2.05, 4.69) is 26.1 Å². The zero-order valence-corrected chi connectivity index (χ0v) is 12.5. The van der Waals surface area contributed by atoms with Crippen LogP contribution >= 0.6 is 0 Å². The number of benzene rings is 1. The molecule has 0 aromatic heterocycles. The van der Waals surface area contributed by atoms with E-state index >= 15 is 0 Å². The molecule has 1 saturated carbocycles. The van der Waals surface area contributed by atoms with Crippen LogP contribution in [-0.2, 0) is 0 Å². The van der Waals surface area contributed by atoms with Crippen molar-refractivity contribution >= 4 is 5.69 Å². The van der Waals surface area contributed by atoms with Gasteiger partial charge in [-0.15, -0.1) is 0 Å². The summed E-state index contributed by atoms with van der Waals surface area (Å²) in [5, 5.41) is 14.5. The first-order chi connectivity index (χ1) is 9.36. The van der Waals surface area contributed by atoms with Crippen molar-refractivity contribution in [3.05, 3.63) is 33.9 Å². The molecular weight excluding hydrogens is 256 g/mol. The van der Waals surface area contributed by atoms with E-state index in [4.69, 9.17) is 4.74 Å². The zero-order chi connectivity index (χ0) is 14.9. The molecule has 2 rings (SSSR count). The first-order valence-corrected chi connectivity index (χ1v) is 7.01. The van der Waals surface area contributed by atoms with Crippen LogP contribution < -0.4 is 10.1 Å². The lowest BCUT2D eigenvalue weighted by molar-refractivity contribution is -0.386. The Morgan fingerprint density at radius 1 is 1.50 bits per heavy atom. The van der Waals surface area contributed by atoms with E-state index < -0.39 is 0 Å². The fraction of sp³-hybridized carbons (Fsp3) is 0.600. The number of ether oxygens (including phenoxy) is 1. The van der Waals surface area contributed by atoms with Crippen LogP contribution in [0.2, 0.25) is 0 Å². The van der Waals surface area contributed by atoms with Crippen molar-refractivity contribution < 1.29 is 9.66 Å². The van der Waals surface area contributed by atoms with Gasteiger partial charge in [-0.05, 0) is 25.1 Å². The molecule has 0 heterocycles. The summed E-state index contributed by atoms with van der Waals surface area (Å²) in [6, 6.07) is 5.40. The van der Waals surface area contributed by atoms with Crippen LogP contribution in [0.4, 0.5) is 5.69 Å². The van der Waals surface area contributed by atoms with Gasteiger partial charge < -0.3 is 10.1 Å². The predicted molar refractivity (Wildman–Crippen MR) is 78.1 cm³/mol. The molecule has 1 aromatic rings. The smallest absolute Gasteiger partial charge is 0.310 e. The predicted octanol–water partition coefficient (Wildman–Crippen LogP) is 3.06. The van der Waals surface area contributed by atoms with E-state index in [1.165, 1.54) is 6.07 Å². The van der Waals surface area contributed by atoms with Crippen LogP contribution in [-0.4, -0.2) is 23.6 Å². The first kappa shape index (κ1) is 14.8. The van der Waals surface area contributed by atoms with Crippen molar-refractivity contribution in [3.8, 4) is 5.75 Å². The van der Waals surface area contributed by atoms with Crippen LogP contribution in [0, 0.1) is 22.5 Å². The minimum atomic E-state index is -0.387. The van der Waals surface area contributed by atoms with Crippen molar-refractivity contribution in [2.45, 2.75) is 46.3 Å². The Hall–Kier alpha value is -1.62. The fourth-order valence-corrected chi connectivity index (χ4v) is 2.70. The lowest BCUT2D eigenvalue weighted by Gasteiger charge is -2.51. The second-order valence-corrected chi connectivity index (χ2v) is 6.00. The molecule has 5 nitrogen and oxygen atoms in total. The number of nitro benzene ring substituents is 1. The van der Waals surface area contributed by atoms with Crippen molar-refractivity contribution in [1.29, 1.82) is 0 Å². The number of hydrogen-bond acceptors (Lipinski definition) is 4. The zero-order valence-electron chi connectivity index (χ0n) is 12.5. The Labute approximate surface area is 119 Å². The maximum atomic E-state index is 11.1. The Bertz CT molecular complexity index is 514. The number of nitrogens with one attached hydrogen (secondary N) is 1. The number of rotatable bonds is 5. The number of aryl methyl sites for hydroxylation is 1. The highest BCUT2D eigenvalue weighted by Gasteiger charge is 2.50. The SMILES string of the molecule is CCNC1CC(Oc2cc(C)ccc2[N+](=O)[O-])C1(C)C. The third-order valence-electron chi connectivity index (χ3n) is 4.21. The highest BCUT2D eigenvalue weighted by Crippen LogP contribution is 2.44. The summed E-state index contributed by atoms with van der Waals surface area (Å²) < 4.78 is 5.93. The normalized spacial score (nSPS) is 24.0. The quantitative estimate of drug-likeness (QED) is 0.664. The molecule has 5 heteroatoms. The maximum absolute atomic E-state index is 11.1. The van der Waals surface area contributed by atoms with Gasteiger partial charge in [0.25, 0.3) is 0 Å². The van der Waals surface area contributed by atoms with Crippen molar-refractivity contribution in [3.63, 3.8) is 0 Å². The second-order valence-electron chi connectivity index (χ2n) is 6.00. The van der Waals surface area contributed by atoms with E-state index in [9.17, 15) is 10.1 Å². The Morgan fingerprint density at radius 2 is 2.20 bits per heavy atom. The molecular formula is C15H22N2O3. The summed E-state index contributed by atoms with van der Waals surface area (Å²) in [5.41, 5.74) is 0.984. The third-order valence-corrected chi connectivity index (χ3v) is 4.21. The molecule has 1 aliphatic rings. The molecule has 1 fully saturated rings. The summed E-state index contributed by atoms with van der Waals surface area (Å²) in [5.74, 6) is 0.378. The number of nitrogens with zero attached hydrogens (tertiary/aromatic N) is 1. The molecule has 0 amide bonds. The average molecular weight is 278 g/mol. The molecule has 0 spiro atoms. The van der Waals surface area contributed by atoms with Crippen LogP contribution in [0.1, 0.15) is 32.8 Å². The van der Waals surface area contributed by atoms with Crippen molar-refractivity contribution in [2.75, 3.05) is 6.54 Å². The van der Waals surface area contributed by atoms with E-state index in [0.717, 1.165) is 18.5 Å². The molecule has 1 aliphatic carbocycles. The standard InChI is InChI=1S/C15H22N2O3/c1-5-16-13-9-14(15(13,3)4)20-12-8-10(2)6-7-11(12)17(18)19/h6-8,13-14,16H,5,9H2,1-4H3. The lowest BCUT2D eigenvalue weighted by Crippen LogP contribution is -2.62. The van der Waals surface area contributed by atoms with E-state index in [-0.39, 0.29) is 22.1 Å². The topological polar surface area (TPSA) is 64.4 Å². The van der Waals surface area contributed by atoms with Gasteiger partial charge in [-0.2, -0.15) is 0 Å². The first-order valence-electron chi connectivity index (χ1n) is 7.01. The second kappa shape index (κ2) is 5.40. The molecule has 0 aliphatic heterocycles. The summed E-state index contributed by atoms with van der Waals surface area (Å²) in [7, 11) is 0. The van der Waals surface area contributed by atoms with Crippen molar-refractivity contribution in [1.82, 2.24) is 5.32 Å². The van der Waals surface area contributed by atoms with Gasteiger partial charge in [0.2, 0.25) is 0 Å². The maximum Gasteiger partial charge on any atom is 0.310 e. The van der Waals surface area contributed by atoms with Crippen molar-refractivity contribution in [2.24, 2.45) is 5.41 Å². The fourth-order valence-electron chi connectivity index (χ4n) is 2.70. The molecule has 20 heavy (non-hydrogen) atoms. The average Bonchev–Trinajstić information content (AvgIpc) is 2.37. The summed E-state index contributed by atoms with van der Waals surface area (Å²) >= 11 is 0. The molecule has 1 N–H and O–H groups in total. The molecule has 2 atom stereocenters. The molecule has 2 unspecified atom stereocenters. The summed E-state index contributed by atoms with van der Waals surface area (Å²) in [4.78, 5) is 10.7. The van der Waals surface area contributed by atoms with Crippen LogP contribution in [0.15, 0.2) is 18.2 Å². The highest BCUT2D eigenvalue weighted by atomic mass is 16.6. The molecule has 0 saturated heterocycles. The summed E-state index contributed by atoms with van der Waals surface area (Å²) in [6.45, 7) is 9.18. The van der Waals surface area contributed by atoms with Gasteiger partial charge in [0.1, 0.15) is 6.10 Å². The van der Waals surface area contributed by atoms with Gasteiger partial charge >= 0.3 is 5.69 Å². The monoisotopic (exact) mass is 278 g/mol. The minimum Gasteiger partial charge on any atom is -0.483 e. The number of hydrogen-bond donors (Lipinski definition) is 1. The van der Waals surface area contributed by atoms with Gasteiger partial charge in [-0.25, -0.2) is 0 Å². The number of nitro groups is 1. The van der Waals surface area contributed by atoms with Crippen LogP contribution in [0.3, 0.4) is 0 Å². The Kier molecular flexibility index (Phi) is 3.99. The van der Waals surface area contributed by atoms with Gasteiger partial charge in [0, 0.05) is 23.9 Å². The lowest BCUT2D eigenvalue weighted by atomic mass is 9.64. The Morgan fingerprint density at radius 3 is 2.75 bits per heavy atom. The van der Waals surface area contributed by atoms with E-state index in [1.807, 2.05) is 6.92 Å².